The Hall–Kier alpha value is -1.20. The number of rotatable bonds is 5. The quantitative estimate of drug-likeness (QED) is 0.800. The maximum Gasteiger partial charge on any atom is 0.0797 e. The van der Waals surface area contributed by atoms with E-state index in [1.165, 1.54) is 4.88 Å². The van der Waals surface area contributed by atoms with Crippen molar-refractivity contribution in [1.82, 2.24) is 20.1 Å². The zero-order valence-corrected chi connectivity index (χ0v) is 10.4. The highest BCUT2D eigenvalue weighted by molar-refractivity contribution is 7.09. The van der Waals surface area contributed by atoms with Gasteiger partial charge in [0, 0.05) is 31.2 Å². The minimum Gasteiger partial charge on any atom is -0.311 e. The highest BCUT2D eigenvalue weighted by Gasteiger charge is 2.01. The van der Waals surface area contributed by atoms with Gasteiger partial charge in [-0.15, -0.1) is 11.3 Å². The molecule has 0 bridgehead atoms. The van der Waals surface area contributed by atoms with E-state index in [0.717, 1.165) is 30.9 Å². The SMILES string of the molecule is Cc1ncsc1CCNCc1ccn(C)n1. The lowest BCUT2D eigenvalue weighted by Crippen LogP contribution is -2.17. The average Bonchev–Trinajstić information content (AvgIpc) is 2.83. The van der Waals surface area contributed by atoms with Crippen LogP contribution in [0.25, 0.3) is 0 Å². The summed E-state index contributed by atoms with van der Waals surface area (Å²) in [5.74, 6) is 0. The second kappa shape index (κ2) is 5.23. The molecule has 1 N–H and O–H groups in total. The highest BCUT2D eigenvalue weighted by Crippen LogP contribution is 2.11. The molecule has 16 heavy (non-hydrogen) atoms. The van der Waals surface area contributed by atoms with Crippen molar-refractivity contribution in [2.45, 2.75) is 19.9 Å². The van der Waals surface area contributed by atoms with Crippen molar-refractivity contribution in [2.24, 2.45) is 7.05 Å². The highest BCUT2D eigenvalue weighted by atomic mass is 32.1. The topological polar surface area (TPSA) is 42.7 Å². The van der Waals surface area contributed by atoms with Crippen LogP contribution in [0.3, 0.4) is 0 Å². The fraction of sp³-hybridized carbons (Fsp3) is 0.455. The Bertz CT molecular complexity index is 446. The average molecular weight is 236 g/mol. The van der Waals surface area contributed by atoms with E-state index in [-0.39, 0.29) is 0 Å². The summed E-state index contributed by atoms with van der Waals surface area (Å²) in [6.45, 7) is 3.86. The van der Waals surface area contributed by atoms with Crippen molar-refractivity contribution in [3.05, 3.63) is 34.0 Å². The third-order valence-electron chi connectivity index (χ3n) is 2.45. The standard InChI is InChI=1S/C11H16N4S/c1-9-11(16-8-13-9)3-5-12-7-10-4-6-15(2)14-10/h4,6,8,12H,3,5,7H2,1-2H3. The van der Waals surface area contributed by atoms with Gasteiger partial charge in [0.2, 0.25) is 0 Å². The summed E-state index contributed by atoms with van der Waals surface area (Å²) in [6.07, 6.45) is 3.01. The van der Waals surface area contributed by atoms with E-state index in [9.17, 15) is 0 Å². The van der Waals surface area contributed by atoms with Crippen molar-refractivity contribution >= 4 is 11.3 Å². The number of nitrogens with zero attached hydrogens (tertiary/aromatic N) is 3. The van der Waals surface area contributed by atoms with Gasteiger partial charge in [-0.1, -0.05) is 0 Å². The summed E-state index contributed by atoms with van der Waals surface area (Å²) < 4.78 is 1.82. The fourth-order valence-corrected chi connectivity index (χ4v) is 2.32. The first-order valence-electron chi connectivity index (χ1n) is 5.34. The Kier molecular flexibility index (Phi) is 3.69. The lowest BCUT2D eigenvalue weighted by molar-refractivity contribution is 0.655. The van der Waals surface area contributed by atoms with Gasteiger partial charge in [0.05, 0.1) is 16.9 Å². The second-order valence-corrected chi connectivity index (χ2v) is 4.71. The van der Waals surface area contributed by atoms with Gasteiger partial charge in [-0.25, -0.2) is 4.98 Å². The molecule has 0 aromatic carbocycles. The largest absolute Gasteiger partial charge is 0.311 e. The Morgan fingerprint density at radius 1 is 1.50 bits per heavy atom. The zero-order valence-electron chi connectivity index (χ0n) is 9.60. The molecule has 0 radical (unpaired) electrons. The molecule has 86 valence electrons. The summed E-state index contributed by atoms with van der Waals surface area (Å²) in [5.41, 5.74) is 4.15. The summed E-state index contributed by atoms with van der Waals surface area (Å²) in [6, 6.07) is 2.03. The van der Waals surface area contributed by atoms with Crippen molar-refractivity contribution in [2.75, 3.05) is 6.54 Å². The number of aromatic nitrogens is 3. The van der Waals surface area contributed by atoms with Crippen molar-refractivity contribution in [3.63, 3.8) is 0 Å². The van der Waals surface area contributed by atoms with Gasteiger partial charge in [0.25, 0.3) is 0 Å². The van der Waals surface area contributed by atoms with Gasteiger partial charge in [-0.3, -0.25) is 4.68 Å². The van der Waals surface area contributed by atoms with E-state index in [1.54, 1.807) is 11.3 Å². The monoisotopic (exact) mass is 236 g/mol. The van der Waals surface area contributed by atoms with Crippen molar-refractivity contribution in [3.8, 4) is 0 Å². The molecule has 0 unspecified atom stereocenters. The van der Waals surface area contributed by atoms with Crippen LogP contribution >= 0.6 is 11.3 Å². The zero-order chi connectivity index (χ0) is 11.4. The Morgan fingerprint density at radius 2 is 2.38 bits per heavy atom. The minimum atomic E-state index is 0.832. The van der Waals surface area contributed by atoms with Crippen LogP contribution in [-0.4, -0.2) is 21.3 Å². The summed E-state index contributed by atoms with van der Waals surface area (Å²) in [5, 5.41) is 7.69. The summed E-state index contributed by atoms with van der Waals surface area (Å²) in [4.78, 5) is 5.60. The molecule has 4 nitrogen and oxygen atoms in total. The van der Waals surface area contributed by atoms with Gasteiger partial charge < -0.3 is 5.32 Å². The molecule has 0 spiro atoms. The molecule has 0 saturated carbocycles. The first-order chi connectivity index (χ1) is 7.75. The third kappa shape index (κ3) is 2.90. The maximum atomic E-state index is 4.31. The molecule has 2 aromatic rings. The molecule has 2 heterocycles. The second-order valence-electron chi connectivity index (χ2n) is 3.77. The maximum absolute atomic E-state index is 4.31. The molecule has 0 aliphatic rings. The van der Waals surface area contributed by atoms with E-state index in [4.69, 9.17) is 0 Å². The first-order valence-corrected chi connectivity index (χ1v) is 6.22. The molecule has 2 aromatic heterocycles. The fourth-order valence-electron chi connectivity index (χ4n) is 1.54. The predicted molar refractivity (Wildman–Crippen MR) is 65.5 cm³/mol. The number of hydrogen-bond donors (Lipinski definition) is 1. The molecule has 0 aliphatic carbocycles. The molecule has 0 fully saturated rings. The number of nitrogens with one attached hydrogen (secondary N) is 1. The smallest absolute Gasteiger partial charge is 0.0797 e. The summed E-state index contributed by atoms with van der Waals surface area (Å²) in [7, 11) is 1.93. The Labute approximate surface area is 99.3 Å². The molecular formula is C11H16N4S. The van der Waals surface area contributed by atoms with Crippen LogP contribution in [0.2, 0.25) is 0 Å². The van der Waals surface area contributed by atoms with Crippen LogP contribution in [0.4, 0.5) is 0 Å². The lowest BCUT2D eigenvalue weighted by atomic mass is 10.3. The van der Waals surface area contributed by atoms with Gasteiger partial charge in [-0.2, -0.15) is 5.10 Å². The minimum absolute atomic E-state index is 0.832. The molecule has 0 aliphatic heterocycles. The van der Waals surface area contributed by atoms with Crippen LogP contribution in [0.15, 0.2) is 17.8 Å². The van der Waals surface area contributed by atoms with E-state index < -0.39 is 0 Å². The van der Waals surface area contributed by atoms with Gasteiger partial charge >= 0.3 is 0 Å². The van der Waals surface area contributed by atoms with Crippen molar-refractivity contribution in [1.29, 1.82) is 0 Å². The number of aryl methyl sites for hydroxylation is 2. The van der Waals surface area contributed by atoms with Gasteiger partial charge in [-0.05, 0) is 19.4 Å². The molecule has 0 atom stereocenters. The lowest BCUT2D eigenvalue weighted by Gasteiger charge is -2.01. The van der Waals surface area contributed by atoms with Gasteiger partial charge in [0.15, 0.2) is 0 Å². The van der Waals surface area contributed by atoms with E-state index in [2.05, 4.69) is 22.3 Å². The molecular weight excluding hydrogens is 220 g/mol. The van der Waals surface area contributed by atoms with Crippen LogP contribution in [0.5, 0.6) is 0 Å². The molecule has 2 rings (SSSR count). The number of thiazole rings is 1. The molecule has 5 heteroatoms. The summed E-state index contributed by atoms with van der Waals surface area (Å²) >= 11 is 1.73. The van der Waals surface area contributed by atoms with Gasteiger partial charge in [0.1, 0.15) is 0 Å². The van der Waals surface area contributed by atoms with Crippen LogP contribution in [-0.2, 0) is 20.0 Å². The normalized spacial score (nSPS) is 10.9. The first kappa shape index (κ1) is 11.3. The van der Waals surface area contributed by atoms with E-state index in [0.29, 0.717) is 0 Å². The van der Waals surface area contributed by atoms with Crippen LogP contribution < -0.4 is 5.32 Å². The van der Waals surface area contributed by atoms with Crippen LogP contribution in [0, 0.1) is 6.92 Å². The van der Waals surface area contributed by atoms with E-state index in [1.807, 2.05) is 29.5 Å². The molecule has 0 amide bonds. The predicted octanol–water partition coefficient (Wildman–Crippen LogP) is 1.52. The third-order valence-corrected chi connectivity index (χ3v) is 3.44. The van der Waals surface area contributed by atoms with Crippen LogP contribution in [0.1, 0.15) is 16.3 Å². The Balaban J connectivity index is 1.71. The Morgan fingerprint density at radius 3 is 3.00 bits per heavy atom. The van der Waals surface area contributed by atoms with Crippen molar-refractivity contribution < 1.29 is 0 Å². The number of hydrogen-bond acceptors (Lipinski definition) is 4. The molecule has 0 saturated heterocycles. The van der Waals surface area contributed by atoms with E-state index >= 15 is 0 Å².